The van der Waals surface area contributed by atoms with Crippen molar-refractivity contribution in [3.05, 3.63) is 102 Å². The van der Waals surface area contributed by atoms with Crippen LogP contribution >= 0.6 is 0 Å². The number of carbonyl (C=O) groups excluding carboxylic acids is 1. The summed E-state index contributed by atoms with van der Waals surface area (Å²) in [5.41, 5.74) is 3.07. The Kier molecular flexibility index (Phi) is 3.64. The summed E-state index contributed by atoms with van der Waals surface area (Å²) in [5.74, 6) is 0.0157. The first-order valence-corrected chi connectivity index (χ1v) is 7.87. The fourth-order valence-electron chi connectivity index (χ4n) is 2.99. The number of hydrogen-bond donors (Lipinski definition) is 0. The van der Waals surface area contributed by atoms with Gasteiger partial charge in [0.25, 0.3) is 0 Å². The summed E-state index contributed by atoms with van der Waals surface area (Å²) >= 11 is 0. The largest absolute Gasteiger partial charge is 0.289 e. The monoisotopic (exact) mass is 309 g/mol. The highest BCUT2D eigenvalue weighted by molar-refractivity contribution is 6.16. The Bertz CT molecular complexity index is 1010. The van der Waals surface area contributed by atoms with E-state index in [1.54, 1.807) is 6.20 Å². The molecule has 1 aromatic heterocycles. The number of aromatic nitrogens is 1. The molecule has 0 atom stereocenters. The van der Waals surface area contributed by atoms with Crippen LogP contribution in [-0.4, -0.2) is 10.8 Å². The van der Waals surface area contributed by atoms with Crippen LogP contribution in [0.25, 0.3) is 22.0 Å². The summed E-state index contributed by atoms with van der Waals surface area (Å²) in [5, 5.41) is 2.14. The maximum absolute atomic E-state index is 13.1. The maximum atomic E-state index is 13.1. The molecule has 0 radical (unpaired) electrons. The van der Waals surface area contributed by atoms with Crippen molar-refractivity contribution in [3.63, 3.8) is 0 Å². The number of nitrogens with zero attached hydrogens (tertiary/aromatic N) is 1. The molecule has 0 unspecified atom stereocenters. The fraction of sp³-hybridized carbons (Fsp3) is 0. The van der Waals surface area contributed by atoms with E-state index in [0.717, 1.165) is 22.0 Å². The Labute approximate surface area is 140 Å². The highest BCUT2D eigenvalue weighted by Gasteiger charge is 2.17. The Morgan fingerprint density at radius 3 is 2.25 bits per heavy atom. The molecule has 0 amide bonds. The molecule has 2 heteroatoms. The van der Waals surface area contributed by atoms with Crippen molar-refractivity contribution >= 4 is 16.6 Å². The maximum Gasteiger partial charge on any atom is 0.193 e. The highest BCUT2D eigenvalue weighted by atomic mass is 16.1. The predicted molar refractivity (Wildman–Crippen MR) is 97.1 cm³/mol. The van der Waals surface area contributed by atoms with Gasteiger partial charge in [-0.3, -0.25) is 9.78 Å². The van der Waals surface area contributed by atoms with Crippen LogP contribution in [0.15, 0.2) is 91.1 Å². The van der Waals surface area contributed by atoms with Gasteiger partial charge in [-0.05, 0) is 29.0 Å². The first-order valence-electron chi connectivity index (χ1n) is 7.87. The van der Waals surface area contributed by atoms with Crippen molar-refractivity contribution in [2.24, 2.45) is 0 Å². The molecule has 114 valence electrons. The predicted octanol–water partition coefficient (Wildman–Crippen LogP) is 5.13. The van der Waals surface area contributed by atoms with Gasteiger partial charge < -0.3 is 0 Å². The molecule has 2 nitrogen and oxygen atoms in total. The SMILES string of the molecule is O=C(c1ccccc1)c1ccc2ccccc2c1-c1ccccn1. The second kappa shape index (κ2) is 6.09. The molecule has 24 heavy (non-hydrogen) atoms. The number of pyridine rings is 1. The minimum Gasteiger partial charge on any atom is -0.289 e. The van der Waals surface area contributed by atoms with Gasteiger partial charge in [0, 0.05) is 22.9 Å². The topological polar surface area (TPSA) is 30.0 Å². The highest BCUT2D eigenvalue weighted by Crippen LogP contribution is 2.32. The van der Waals surface area contributed by atoms with Crippen molar-refractivity contribution < 1.29 is 4.79 Å². The van der Waals surface area contributed by atoms with Gasteiger partial charge in [0.1, 0.15) is 0 Å². The van der Waals surface area contributed by atoms with Gasteiger partial charge >= 0.3 is 0 Å². The number of rotatable bonds is 3. The van der Waals surface area contributed by atoms with Crippen LogP contribution in [0.3, 0.4) is 0 Å². The molecule has 0 saturated carbocycles. The van der Waals surface area contributed by atoms with Crippen LogP contribution in [0.2, 0.25) is 0 Å². The Morgan fingerprint density at radius 1 is 0.708 bits per heavy atom. The van der Waals surface area contributed by atoms with Gasteiger partial charge in [-0.25, -0.2) is 0 Å². The van der Waals surface area contributed by atoms with Gasteiger partial charge in [0.2, 0.25) is 0 Å². The molecule has 0 saturated heterocycles. The molecule has 0 bridgehead atoms. The van der Waals surface area contributed by atoms with Crippen LogP contribution in [0.5, 0.6) is 0 Å². The van der Waals surface area contributed by atoms with Crippen molar-refractivity contribution in [2.75, 3.05) is 0 Å². The standard InChI is InChI=1S/C22H15NO/c24-22(17-9-2-1-3-10-17)19-14-13-16-8-4-5-11-18(16)21(19)20-12-6-7-15-23-20/h1-15H. The lowest BCUT2D eigenvalue weighted by molar-refractivity contribution is 0.103. The van der Waals surface area contributed by atoms with E-state index in [4.69, 9.17) is 0 Å². The van der Waals surface area contributed by atoms with Gasteiger partial charge in [0.05, 0.1) is 5.69 Å². The summed E-state index contributed by atoms with van der Waals surface area (Å²) < 4.78 is 0. The van der Waals surface area contributed by atoms with E-state index < -0.39 is 0 Å². The smallest absolute Gasteiger partial charge is 0.193 e. The Morgan fingerprint density at radius 2 is 1.46 bits per heavy atom. The third-order valence-corrected chi connectivity index (χ3v) is 4.13. The van der Waals surface area contributed by atoms with Crippen molar-refractivity contribution in [3.8, 4) is 11.3 Å². The quantitative estimate of drug-likeness (QED) is 0.491. The van der Waals surface area contributed by atoms with Crippen LogP contribution in [-0.2, 0) is 0 Å². The van der Waals surface area contributed by atoms with E-state index in [1.807, 2.05) is 78.9 Å². The van der Waals surface area contributed by atoms with Crippen molar-refractivity contribution in [1.29, 1.82) is 0 Å². The zero-order valence-electron chi connectivity index (χ0n) is 13.0. The third-order valence-electron chi connectivity index (χ3n) is 4.13. The first kappa shape index (κ1) is 14.3. The molecule has 0 aliphatic carbocycles. The summed E-state index contributed by atoms with van der Waals surface area (Å²) in [4.78, 5) is 17.5. The summed E-state index contributed by atoms with van der Waals surface area (Å²) in [6.45, 7) is 0. The van der Waals surface area contributed by atoms with Gasteiger partial charge in [-0.15, -0.1) is 0 Å². The lowest BCUT2D eigenvalue weighted by Gasteiger charge is -2.12. The number of fused-ring (bicyclic) bond motifs is 1. The summed E-state index contributed by atoms with van der Waals surface area (Å²) in [7, 11) is 0. The molecule has 1 heterocycles. The summed E-state index contributed by atoms with van der Waals surface area (Å²) in [6.07, 6.45) is 1.76. The van der Waals surface area contributed by atoms with E-state index in [2.05, 4.69) is 11.1 Å². The molecule has 0 aliphatic heterocycles. The van der Waals surface area contributed by atoms with Gasteiger partial charge in [0.15, 0.2) is 5.78 Å². The van der Waals surface area contributed by atoms with Crippen LogP contribution < -0.4 is 0 Å². The third kappa shape index (κ3) is 2.48. The van der Waals surface area contributed by atoms with E-state index in [-0.39, 0.29) is 5.78 Å². The number of ketones is 1. The molecule has 4 aromatic rings. The minimum absolute atomic E-state index is 0.0157. The Balaban J connectivity index is 2.01. The molecule has 0 aliphatic rings. The van der Waals surface area contributed by atoms with Gasteiger partial charge in [-0.1, -0.05) is 66.7 Å². The molecule has 4 rings (SSSR count). The first-order chi connectivity index (χ1) is 11.8. The van der Waals surface area contributed by atoms with Crippen molar-refractivity contribution in [1.82, 2.24) is 4.98 Å². The van der Waals surface area contributed by atoms with Crippen LogP contribution in [0.1, 0.15) is 15.9 Å². The summed E-state index contributed by atoms with van der Waals surface area (Å²) in [6, 6.07) is 27.1. The molecular formula is C22H15NO. The van der Waals surface area contributed by atoms with Crippen LogP contribution in [0.4, 0.5) is 0 Å². The number of carbonyl (C=O) groups is 1. The molecular weight excluding hydrogens is 294 g/mol. The fourth-order valence-corrected chi connectivity index (χ4v) is 2.99. The number of hydrogen-bond acceptors (Lipinski definition) is 2. The van der Waals surface area contributed by atoms with Crippen LogP contribution in [0, 0.1) is 0 Å². The molecule has 0 N–H and O–H groups in total. The molecule has 3 aromatic carbocycles. The normalized spacial score (nSPS) is 10.7. The molecule has 0 spiro atoms. The Hall–Kier alpha value is -3.26. The second-order valence-electron chi connectivity index (χ2n) is 5.62. The zero-order chi connectivity index (χ0) is 16.4. The minimum atomic E-state index is 0.0157. The van der Waals surface area contributed by atoms with Gasteiger partial charge in [-0.2, -0.15) is 0 Å². The van der Waals surface area contributed by atoms with E-state index in [9.17, 15) is 4.79 Å². The number of benzene rings is 3. The average molecular weight is 309 g/mol. The van der Waals surface area contributed by atoms with E-state index in [1.165, 1.54) is 0 Å². The lowest BCUT2D eigenvalue weighted by atomic mass is 9.91. The van der Waals surface area contributed by atoms with E-state index >= 15 is 0 Å². The molecule has 0 fully saturated rings. The lowest BCUT2D eigenvalue weighted by Crippen LogP contribution is -2.04. The zero-order valence-corrected chi connectivity index (χ0v) is 13.0. The second-order valence-corrected chi connectivity index (χ2v) is 5.62. The average Bonchev–Trinajstić information content (AvgIpc) is 2.68. The van der Waals surface area contributed by atoms with E-state index in [0.29, 0.717) is 11.1 Å². The van der Waals surface area contributed by atoms with Crippen molar-refractivity contribution in [2.45, 2.75) is 0 Å².